The molecule has 18 heavy (non-hydrogen) atoms. The number of rotatable bonds is 2. The molecule has 0 amide bonds. The normalized spacial score (nSPS) is 13.9. The highest BCUT2D eigenvalue weighted by atomic mass is 35.5. The highest BCUT2D eigenvalue weighted by molar-refractivity contribution is 8.00. The molecule has 1 atom stereocenters. The van der Waals surface area contributed by atoms with Gasteiger partial charge in [0.1, 0.15) is 0 Å². The summed E-state index contributed by atoms with van der Waals surface area (Å²) in [5, 5.41) is 0. The van der Waals surface area contributed by atoms with E-state index in [-0.39, 0.29) is 28.6 Å². The summed E-state index contributed by atoms with van der Waals surface area (Å²) in [6, 6.07) is 8.58. The molecule has 0 saturated carbocycles. The van der Waals surface area contributed by atoms with E-state index in [9.17, 15) is 0 Å². The number of nitrogens with two attached hydrogens (primary N) is 1. The Morgan fingerprint density at radius 2 is 1.50 bits per heavy atom. The van der Waals surface area contributed by atoms with E-state index in [1.54, 1.807) is 0 Å². The van der Waals surface area contributed by atoms with Crippen molar-refractivity contribution in [3.8, 4) is 0 Å². The number of hydrogen-bond acceptors (Lipinski definition) is 2. The molecule has 2 N–H and O–H groups in total. The molecule has 1 rings (SSSR count). The van der Waals surface area contributed by atoms with Crippen molar-refractivity contribution < 1.29 is 0 Å². The van der Waals surface area contributed by atoms with Gasteiger partial charge in [0.25, 0.3) is 0 Å². The van der Waals surface area contributed by atoms with E-state index >= 15 is 0 Å². The SMILES string of the molecule is CC(C)(C)Sc1ccccc1[C@@H](N)C(C)(C)C.Cl. The van der Waals surface area contributed by atoms with Gasteiger partial charge in [0.2, 0.25) is 0 Å². The van der Waals surface area contributed by atoms with Crippen molar-refractivity contribution in [3.05, 3.63) is 29.8 Å². The van der Waals surface area contributed by atoms with E-state index in [1.165, 1.54) is 10.5 Å². The van der Waals surface area contributed by atoms with Gasteiger partial charge in [-0.25, -0.2) is 0 Å². The maximum absolute atomic E-state index is 6.38. The van der Waals surface area contributed by atoms with Crippen LogP contribution in [0.1, 0.15) is 53.1 Å². The molecule has 0 spiro atoms. The second-order valence-corrected chi connectivity index (χ2v) is 8.46. The predicted octanol–water partition coefficient (Wildman–Crippen LogP) is 5.04. The average molecular weight is 288 g/mol. The Morgan fingerprint density at radius 1 is 1.00 bits per heavy atom. The molecule has 0 aliphatic heterocycles. The Hall–Kier alpha value is -0.180. The standard InChI is InChI=1S/C15H25NS.ClH/c1-14(2,3)13(16)11-9-7-8-10-12(11)17-15(4,5)6;/h7-10,13H,16H2,1-6H3;1H/t13-;/m1./s1. The molecule has 0 fully saturated rings. The van der Waals surface area contributed by atoms with Crippen molar-refractivity contribution in [1.29, 1.82) is 0 Å². The number of thioether (sulfide) groups is 1. The van der Waals surface area contributed by atoms with E-state index in [0.717, 1.165) is 0 Å². The molecular weight excluding hydrogens is 262 g/mol. The molecule has 0 unspecified atom stereocenters. The van der Waals surface area contributed by atoms with E-state index in [2.05, 4.69) is 65.8 Å². The zero-order valence-electron chi connectivity index (χ0n) is 12.3. The van der Waals surface area contributed by atoms with Crippen molar-refractivity contribution in [2.24, 2.45) is 11.1 Å². The molecule has 0 radical (unpaired) electrons. The molecule has 0 aromatic heterocycles. The third-order valence-corrected chi connectivity index (χ3v) is 3.81. The van der Waals surface area contributed by atoms with Gasteiger partial charge in [-0.2, -0.15) is 0 Å². The van der Waals surface area contributed by atoms with E-state index < -0.39 is 0 Å². The van der Waals surface area contributed by atoms with Crippen LogP contribution in [0.2, 0.25) is 0 Å². The van der Waals surface area contributed by atoms with Crippen molar-refractivity contribution in [1.82, 2.24) is 0 Å². The molecule has 0 aliphatic rings. The number of hydrogen-bond donors (Lipinski definition) is 1. The molecule has 0 bridgehead atoms. The lowest BCUT2D eigenvalue weighted by Gasteiger charge is -2.30. The first-order valence-electron chi connectivity index (χ1n) is 6.15. The summed E-state index contributed by atoms with van der Waals surface area (Å²) in [7, 11) is 0. The first-order chi connectivity index (χ1) is 7.61. The second kappa shape index (κ2) is 6.31. The Kier molecular flexibility index (Phi) is 6.25. The fourth-order valence-electron chi connectivity index (χ4n) is 1.63. The van der Waals surface area contributed by atoms with Gasteiger partial charge >= 0.3 is 0 Å². The highest BCUT2D eigenvalue weighted by Crippen LogP contribution is 2.40. The quantitative estimate of drug-likeness (QED) is 0.771. The highest BCUT2D eigenvalue weighted by Gasteiger charge is 2.25. The Bertz CT molecular complexity index is 377. The van der Waals surface area contributed by atoms with Crippen LogP contribution in [0.15, 0.2) is 29.2 Å². The average Bonchev–Trinajstić information content (AvgIpc) is 2.13. The molecule has 0 saturated heterocycles. The minimum atomic E-state index is 0. The summed E-state index contributed by atoms with van der Waals surface area (Å²) in [5.74, 6) is 0. The number of benzene rings is 1. The molecule has 1 aromatic rings. The first-order valence-corrected chi connectivity index (χ1v) is 6.96. The van der Waals surface area contributed by atoms with Gasteiger partial charge in [0.05, 0.1) is 0 Å². The molecule has 1 aromatic carbocycles. The van der Waals surface area contributed by atoms with Crippen molar-refractivity contribution >= 4 is 24.2 Å². The topological polar surface area (TPSA) is 26.0 Å². The molecule has 0 aliphatic carbocycles. The van der Waals surface area contributed by atoms with E-state index in [4.69, 9.17) is 5.73 Å². The number of halogens is 1. The Labute approximate surface area is 122 Å². The van der Waals surface area contributed by atoms with Crippen molar-refractivity contribution in [2.45, 2.75) is 57.2 Å². The van der Waals surface area contributed by atoms with Gasteiger partial charge < -0.3 is 5.73 Å². The third kappa shape index (κ3) is 5.21. The fourth-order valence-corrected chi connectivity index (χ4v) is 2.75. The van der Waals surface area contributed by atoms with Gasteiger partial charge in [-0.3, -0.25) is 0 Å². The lowest BCUT2D eigenvalue weighted by atomic mass is 9.83. The maximum atomic E-state index is 6.38. The molecule has 1 nitrogen and oxygen atoms in total. The fraction of sp³-hybridized carbons (Fsp3) is 0.600. The minimum absolute atomic E-state index is 0. The van der Waals surface area contributed by atoms with Crippen LogP contribution in [0.25, 0.3) is 0 Å². The summed E-state index contributed by atoms with van der Waals surface area (Å²) in [6.45, 7) is 13.3. The van der Waals surface area contributed by atoms with Crippen LogP contribution >= 0.6 is 24.2 Å². The van der Waals surface area contributed by atoms with Gasteiger partial charge in [0.15, 0.2) is 0 Å². The molecule has 104 valence electrons. The van der Waals surface area contributed by atoms with Gasteiger partial charge in [0, 0.05) is 15.7 Å². The molecule has 3 heteroatoms. The smallest absolute Gasteiger partial charge is 0.0355 e. The minimum Gasteiger partial charge on any atom is -0.323 e. The van der Waals surface area contributed by atoms with Crippen LogP contribution in [-0.4, -0.2) is 4.75 Å². The maximum Gasteiger partial charge on any atom is 0.0355 e. The van der Waals surface area contributed by atoms with Gasteiger partial charge in [-0.1, -0.05) is 59.7 Å². The summed E-state index contributed by atoms with van der Waals surface area (Å²) in [4.78, 5) is 1.31. The van der Waals surface area contributed by atoms with Gasteiger partial charge in [-0.15, -0.1) is 24.2 Å². The summed E-state index contributed by atoms with van der Waals surface area (Å²) in [5.41, 5.74) is 7.73. The summed E-state index contributed by atoms with van der Waals surface area (Å²) >= 11 is 1.89. The van der Waals surface area contributed by atoms with Crippen LogP contribution in [0.3, 0.4) is 0 Å². The lowest BCUT2D eigenvalue weighted by Crippen LogP contribution is -2.27. The Balaban J connectivity index is 0.00000289. The second-order valence-electron chi connectivity index (χ2n) is 6.60. The van der Waals surface area contributed by atoms with Crippen molar-refractivity contribution in [3.63, 3.8) is 0 Å². The Morgan fingerprint density at radius 3 is 1.94 bits per heavy atom. The zero-order valence-corrected chi connectivity index (χ0v) is 13.9. The molecule has 0 heterocycles. The van der Waals surface area contributed by atoms with E-state index in [0.29, 0.717) is 0 Å². The van der Waals surface area contributed by atoms with Gasteiger partial charge in [-0.05, 0) is 17.0 Å². The molecular formula is C15H26ClNS. The first kappa shape index (κ1) is 17.8. The zero-order chi connectivity index (χ0) is 13.3. The summed E-state index contributed by atoms with van der Waals surface area (Å²) < 4.78 is 0.216. The van der Waals surface area contributed by atoms with Crippen LogP contribution in [0.4, 0.5) is 0 Å². The summed E-state index contributed by atoms with van der Waals surface area (Å²) in [6.07, 6.45) is 0. The van der Waals surface area contributed by atoms with E-state index in [1.807, 2.05) is 11.8 Å². The van der Waals surface area contributed by atoms with Crippen LogP contribution < -0.4 is 5.73 Å². The predicted molar refractivity (Wildman–Crippen MR) is 85.7 cm³/mol. The lowest BCUT2D eigenvalue weighted by molar-refractivity contribution is 0.323. The largest absolute Gasteiger partial charge is 0.323 e. The van der Waals surface area contributed by atoms with Crippen LogP contribution in [0, 0.1) is 5.41 Å². The monoisotopic (exact) mass is 287 g/mol. The van der Waals surface area contributed by atoms with Crippen molar-refractivity contribution in [2.75, 3.05) is 0 Å². The van der Waals surface area contributed by atoms with Crippen LogP contribution in [0.5, 0.6) is 0 Å². The van der Waals surface area contributed by atoms with Crippen LogP contribution in [-0.2, 0) is 0 Å². The third-order valence-electron chi connectivity index (χ3n) is 2.60.